The minimum absolute atomic E-state index is 0.00290. The number of rotatable bonds is 40. The van der Waals surface area contributed by atoms with Crippen LogP contribution in [0.5, 0.6) is 0 Å². The van der Waals surface area contributed by atoms with Gasteiger partial charge in [0.15, 0.2) is 0 Å². The summed E-state index contributed by atoms with van der Waals surface area (Å²) in [7, 11) is -4.62. The number of hydrogen-bond acceptors (Lipinski definition) is 8. The zero-order chi connectivity index (χ0) is 39.8. The first kappa shape index (κ1) is 51.9. The highest BCUT2D eigenvalue weighted by atomic mass is 31.2. The van der Waals surface area contributed by atoms with Crippen LogP contribution in [-0.2, 0) is 32.7 Å². The lowest BCUT2D eigenvalue weighted by Gasteiger charge is -2.20. The monoisotopic (exact) mass is 784 g/mol. The molecule has 3 unspecified atom stereocenters. The lowest BCUT2D eigenvalue weighted by atomic mass is 10.1. The number of hydrogen-bond donors (Lipinski definition) is 3. The molecule has 0 aliphatic rings. The summed E-state index contributed by atoms with van der Waals surface area (Å²) in [6.07, 6.45) is 44.4. The van der Waals surface area contributed by atoms with E-state index in [1.165, 1.54) is 77.0 Å². The number of phosphoric acid groups is 1. The molecule has 0 aliphatic carbocycles. The zero-order valence-corrected chi connectivity index (χ0v) is 35.0. The molecule has 0 saturated heterocycles. The molecule has 0 rings (SSSR count). The van der Waals surface area contributed by atoms with Crippen molar-refractivity contribution in [3.63, 3.8) is 0 Å². The predicted octanol–water partition coefficient (Wildman–Crippen LogP) is 11.5. The second kappa shape index (κ2) is 39.2. The van der Waals surface area contributed by atoms with Crippen LogP contribution in [0.15, 0.2) is 48.6 Å². The molecule has 314 valence electrons. The Balaban J connectivity index is 4.31. The SMILES string of the molecule is CCCCC/C=C\C/C=C\CCCCCCCC(=O)OC(COCCCCCCCC/C=C\C/C=C\CCCCCC)COP(=O)(O)OCC(N)C(=O)O. The van der Waals surface area contributed by atoms with Gasteiger partial charge in [0.1, 0.15) is 12.1 Å². The Hall–Kier alpha value is -2.07. The molecule has 0 heterocycles. The fourth-order valence-corrected chi connectivity index (χ4v) is 6.26. The summed E-state index contributed by atoms with van der Waals surface area (Å²) in [5.41, 5.74) is 5.35. The van der Waals surface area contributed by atoms with Crippen molar-refractivity contribution in [3.8, 4) is 0 Å². The van der Waals surface area contributed by atoms with Crippen molar-refractivity contribution in [3.05, 3.63) is 48.6 Å². The van der Waals surface area contributed by atoms with Gasteiger partial charge in [-0.3, -0.25) is 18.6 Å². The van der Waals surface area contributed by atoms with E-state index in [1.807, 2.05) is 0 Å². The number of ether oxygens (including phenoxy) is 2. The average molecular weight is 784 g/mol. The van der Waals surface area contributed by atoms with Gasteiger partial charge < -0.3 is 25.2 Å². The third-order valence-electron chi connectivity index (χ3n) is 8.83. The van der Waals surface area contributed by atoms with E-state index >= 15 is 0 Å². The lowest BCUT2D eigenvalue weighted by Crippen LogP contribution is -2.34. The van der Waals surface area contributed by atoms with Crippen LogP contribution in [0.1, 0.15) is 174 Å². The van der Waals surface area contributed by atoms with E-state index in [4.69, 9.17) is 29.4 Å². The number of allylic oxidation sites excluding steroid dienone is 8. The maximum absolute atomic E-state index is 12.6. The number of phosphoric ester groups is 1. The first-order chi connectivity index (χ1) is 26.2. The third kappa shape index (κ3) is 38.2. The van der Waals surface area contributed by atoms with Crippen molar-refractivity contribution >= 4 is 19.8 Å². The Morgan fingerprint density at radius 2 is 1.02 bits per heavy atom. The highest BCUT2D eigenvalue weighted by Crippen LogP contribution is 2.43. The summed E-state index contributed by atoms with van der Waals surface area (Å²) in [6, 6.07) is -1.48. The van der Waals surface area contributed by atoms with E-state index < -0.39 is 45.1 Å². The second-order valence-corrected chi connectivity index (χ2v) is 15.6. The number of aliphatic carboxylic acids is 1. The number of carbonyl (C=O) groups excluding carboxylic acids is 1. The van der Waals surface area contributed by atoms with Crippen molar-refractivity contribution in [1.29, 1.82) is 0 Å². The summed E-state index contributed by atoms with van der Waals surface area (Å²) < 4.78 is 33.3. The quantitative estimate of drug-likeness (QED) is 0.0237. The largest absolute Gasteiger partial charge is 0.480 e. The maximum atomic E-state index is 12.6. The molecule has 0 spiro atoms. The van der Waals surface area contributed by atoms with Gasteiger partial charge in [-0.05, 0) is 77.0 Å². The van der Waals surface area contributed by atoms with Crippen LogP contribution in [0, 0.1) is 0 Å². The van der Waals surface area contributed by atoms with Crippen molar-refractivity contribution in [2.45, 2.75) is 187 Å². The molecule has 0 aromatic heterocycles. The first-order valence-corrected chi connectivity index (χ1v) is 22.7. The van der Waals surface area contributed by atoms with Crippen LogP contribution in [0.2, 0.25) is 0 Å². The maximum Gasteiger partial charge on any atom is 0.472 e. The molecule has 0 fully saturated rings. The van der Waals surface area contributed by atoms with Crippen LogP contribution >= 0.6 is 7.82 Å². The molecule has 10 nitrogen and oxygen atoms in total. The smallest absolute Gasteiger partial charge is 0.472 e. The molecule has 3 atom stereocenters. The summed E-state index contributed by atoms with van der Waals surface area (Å²) in [5.74, 6) is -1.80. The van der Waals surface area contributed by atoms with E-state index in [-0.39, 0.29) is 13.0 Å². The van der Waals surface area contributed by atoms with E-state index in [1.54, 1.807) is 0 Å². The Morgan fingerprint density at radius 1 is 0.593 bits per heavy atom. The molecule has 0 amide bonds. The Kier molecular flexibility index (Phi) is 37.7. The number of unbranched alkanes of at least 4 members (excludes halogenated alkanes) is 18. The van der Waals surface area contributed by atoms with E-state index in [0.717, 1.165) is 70.6 Å². The second-order valence-electron chi connectivity index (χ2n) is 14.1. The molecule has 0 saturated carbocycles. The Morgan fingerprint density at radius 3 is 1.54 bits per heavy atom. The normalized spacial score (nSPS) is 14.4. The van der Waals surface area contributed by atoms with Gasteiger partial charge in [-0.15, -0.1) is 0 Å². The molecule has 0 bridgehead atoms. The van der Waals surface area contributed by atoms with Crippen molar-refractivity contribution in [2.24, 2.45) is 5.73 Å². The fourth-order valence-electron chi connectivity index (χ4n) is 5.49. The van der Waals surface area contributed by atoms with Gasteiger partial charge in [0.05, 0.1) is 19.8 Å². The van der Waals surface area contributed by atoms with E-state index in [9.17, 15) is 19.0 Å². The highest BCUT2D eigenvalue weighted by molar-refractivity contribution is 7.47. The highest BCUT2D eigenvalue weighted by Gasteiger charge is 2.27. The van der Waals surface area contributed by atoms with Crippen molar-refractivity contribution < 1.29 is 42.7 Å². The van der Waals surface area contributed by atoms with Crippen LogP contribution in [-0.4, -0.2) is 60.5 Å². The van der Waals surface area contributed by atoms with E-state index in [2.05, 4.69) is 62.5 Å². The Labute approximate surface area is 329 Å². The Bertz CT molecular complexity index is 1050. The zero-order valence-electron chi connectivity index (χ0n) is 34.1. The summed E-state index contributed by atoms with van der Waals surface area (Å²) in [5, 5.41) is 8.89. The molecule has 11 heteroatoms. The summed E-state index contributed by atoms with van der Waals surface area (Å²) in [6.45, 7) is 3.79. The van der Waals surface area contributed by atoms with Crippen LogP contribution in [0.25, 0.3) is 0 Å². The van der Waals surface area contributed by atoms with Gasteiger partial charge >= 0.3 is 19.8 Å². The molecule has 0 radical (unpaired) electrons. The number of esters is 1. The predicted molar refractivity (Wildman–Crippen MR) is 221 cm³/mol. The lowest BCUT2D eigenvalue weighted by molar-refractivity contribution is -0.154. The molecular weight excluding hydrogens is 705 g/mol. The molecule has 4 N–H and O–H groups in total. The molecule has 0 aromatic rings. The van der Waals surface area contributed by atoms with Crippen molar-refractivity contribution in [1.82, 2.24) is 0 Å². The van der Waals surface area contributed by atoms with Gasteiger partial charge in [-0.1, -0.05) is 140 Å². The van der Waals surface area contributed by atoms with Gasteiger partial charge in [0, 0.05) is 13.0 Å². The number of carboxylic acid groups (broad SMARTS) is 1. The molecule has 0 aliphatic heterocycles. The fraction of sp³-hybridized carbons (Fsp3) is 0.767. The van der Waals surface area contributed by atoms with Crippen LogP contribution in [0.3, 0.4) is 0 Å². The van der Waals surface area contributed by atoms with E-state index in [0.29, 0.717) is 13.0 Å². The standard InChI is InChI=1S/C43H78NO9P/c1-3-5-7-9-11-13-15-17-19-20-22-24-26-28-30-32-34-36-50-37-40(38-51-54(48,49)52-39-41(44)43(46)47)53-42(45)35-33-31-29-27-25-23-21-18-16-14-12-10-8-6-4-2/h12-15,18-21,40-41H,3-11,16-17,22-39,44H2,1-2H3,(H,46,47)(H,48,49)/b14-12-,15-13-,20-19-,21-18-. The molecule has 54 heavy (non-hydrogen) atoms. The molecule has 0 aromatic carbocycles. The van der Waals surface area contributed by atoms with Crippen LogP contribution in [0.4, 0.5) is 0 Å². The summed E-state index contributed by atoms with van der Waals surface area (Å²) >= 11 is 0. The van der Waals surface area contributed by atoms with Crippen molar-refractivity contribution in [2.75, 3.05) is 26.4 Å². The first-order valence-electron chi connectivity index (χ1n) is 21.2. The number of nitrogens with two attached hydrogens (primary N) is 1. The van der Waals surface area contributed by atoms with Crippen LogP contribution < -0.4 is 5.73 Å². The summed E-state index contributed by atoms with van der Waals surface area (Å²) in [4.78, 5) is 33.5. The minimum Gasteiger partial charge on any atom is -0.480 e. The minimum atomic E-state index is -4.62. The van der Waals surface area contributed by atoms with Gasteiger partial charge in [0.25, 0.3) is 0 Å². The van der Waals surface area contributed by atoms with Gasteiger partial charge in [0.2, 0.25) is 0 Å². The topological polar surface area (TPSA) is 155 Å². The van der Waals surface area contributed by atoms with Gasteiger partial charge in [-0.25, -0.2) is 4.57 Å². The average Bonchev–Trinajstić information content (AvgIpc) is 3.15. The molecular formula is C43H78NO9P. The van der Waals surface area contributed by atoms with Gasteiger partial charge in [-0.2, -0.15) is 0 Å². The number of carboxylic acids is 1. The third-order valence-corrected chi connectivity index (χ3v) is 9.78. The number of carbonyl (C=O) groups is 2.